The van der Waals surface area contributed by atoms with Gasteiger partial charge in [0.2, 0.25) is 0 Å². The SMILES string of the molecule is C#CCOCC#Cc1ccc(Cl)cc1. The molecule has 0 bridgehead atoms. The minimum absolute atomic E-state index is 0.301. The van der Waals surface area contributed by atoms with Crippen molar-refractivity contribution in [3.8, 4) is 24.2 Å². The number of benzene rings is 1. The molecule has 2 heteroatoms. The van der Waals surface area contributed by atoms with Gasteiger partial charge in [-0.05, 0) is 24.3 Å². The van der Waals surface area contributed by atoms with Gasteiger partial charge in [0.15, 0.2) is 0 Å². The highest BCUT2D eigenvalue weighted by Crippen LogP contribution is 2.08. The maximum Gasteiger partial charge on any atom is 0.109 e. The summed E-state index contributed by atoms with van der Waals surface area (Å²) in [7, 11) is 0. The summed E-state index contributed by atoms with van der Waals surface area (Å²) in [6.07, 6.45) is 5.00. The molecule has 0 aliphatic heterocycles. The van der Waals surface area contributed by atoms with Gasteiger partial charge in [0.1, 0.15) is 13.2 Å². The van der Waals surface area contributed by atoms with Crippen LogP contribution in [0.1, 0.15) is 5.56 Å². The topological polar surface area (TPSA) is 9.23 Å². The number of ether oxygens (including phenoxy) is 1. The molecule has 0 aromatic heterocycles. The Morgan fingerprint density at radius 2 is 1.93 bits per heavy atom. The van der Waals surface area contributed by atoms with Gasteiger partial charge >= 0.3 is 0 Å². The van der Waals surface area contributed by atoms with Crippen LogP contribution in [-0.4, -0.2) is 13.2 Å². The highest BCUT2D eigenvalue weighted by Gasteiger charge is 1.86. The third kappa shape index (κ3) is 4.01. The number of halogens is 1. The van der Waals surface area contributed by atoms with E-state index < -0.39 is 0 Å². The summed E-state index contributed by atoms with van der Waals surface area (Å²) in [5.74, 6) is 8.14. The van der Waals surface area contributed by atoms with E-state index in [-0.39, 0.29) is 0 Å². The molecule has 0 aliphatic carbocycles. The van der Waals surface area contributed by atoms with E-state index in [0.717, 1.165) is 5.56 Å². The van der Waals surface area contributed by atoms with Crippen LogP contribution in [0.2, 0.25) is 5.02 Å². The van der Waals surface area contributed by atoms with Crippen LogP contribution in [0, 0.1) is 24.2 Å². The van der Waals surface area contributed by atoms with E-state index in [1.54, 1.807) is 12.1 Å². The van der Waals surface area contributed by atoms with Crippen molar-refractivity contribution in [2.45, 2.75) is 0 Å². The third-order valence-electron chi connectivity index (χ3n) is 1.44. The molecule has 1 aromatic carbocycles. The summed E-state index contributed by atoms with van der Waals surface area (Å²) in [6.45, 7) is 0.655. The molecule has 0 fully saturated rings. The predicted octanol–water partition coefficient (Wildman–Crippen LogP) is 2.34. The van der Waals surface area contributed by atoms with Crippen molar-refractivity contribution in [3.63, 3.8) is 0 Å². The maximum absolute atomic E-state index is 5.72. The number of hydrogen-bond acceptors (Lipinski definition) is 1. The van der Waals surface area contributed by atoms with Crippen molar-refractivity contribution < 1.29 is 4.74 Å². The van der Waals surface area contributed by atoms with Crippen LogP contribution >= 0.6 is 11.6 Å². The quantitative estimate of drug-likeness (QED) is 0.531. The Morgan fingerprint density at radius 3 is 2.57 bits per heavy atom. The molecule has 0 unspecified atom stereocenters. The third-order valence-corrected chi connectivity index (χ3v) is 1.69. The first-order valence-electron chi connectivity index (χ1n) is 4.08. The highest BCUT2D eigenvalue weighted by molar-refractivity contribution is 6.30. The van der Waals surface area contributed by atoms with Crippen LogP contribution in [0.4, 0.5) is 0 Å². The Labute approximate surface area is 89.0 Å². The fourth-order valence-corrected chi connectivity index (χ4v) is 0.958. The Morgan fingerprint density at radius 1 is 1.21 bits per heavy atom. The summed E-state index contributed by atoms with van der Waals surface area (Å²) in [6, 6.07) is 7.31. The van der Waals surface area contributed by atoms with Crippen molar-refractivity contribution >= 4 is 11.6 Å². The van der Waals surface area contributed by atoms with E-state index in [1.165, 1.54) is 0 Å². The maximum atomic E-state index is 5.72. The molecule has 1 nitrogen and oxygen atoms in total. The Balaban J connectivity index is 2.44. The van der Waals surface area contributed by atoms with Gasteiger partial charge in [0, 0.05) is 10.6 Å². The smallest absolute Gasteiger partial charge is 0.109 e. The van der Waals surface area contributed by atoms with Gasteiger partial charge < -0.3 is 4.74 Å². The summed E-state index contributed by atoms with van der Waals surface area (Å²) in [4.78, 5) is 0. The predicted molar refractivity (Wildman–Crippen MR) is 58.0 cm³/mol. The second-order valence-electron chi connectivity index (χ2n) is 2.51. The van der Waals surface area contributed by atoms with E-state index in [9.17, 15) is 0 Å². The van der Waals surface area contributed by atoms with E-state index in [1.807, 2.05) is 12.1 Å². The zero-order valence-corrected chi connectivity index (χ0v) is 8.34. The van der Waals surface area contributed by atoms with Gasteiger partial charge in [0.25, 0.3) is 0 Å². The van der Waals surface area contributed by atoms with Crippen LogP contribution in [0.15, 0.2) is 24.3 Å². The lowest BCUT2D eigenvalue weighted by Gasteiger charge is -1.91. The van der Waals surface area contributed by atoms with Gasteiger partial charge in [-0.3, -0.25) is 0 Å². The van der Waals surface area contributed by atoms with Crippen LogP contribution in [0.25, 0.3) is 0 Å². The number of rotatable bonds is 2. The van der Waals surface area contributed by atoms with E-state index in [4.69, 9.17) is 22.8 Å². The summed E-state index contributed by atoms with van der Waals surface area (Å²) < 4.78 is 4.99. The molecular formula is C12H9ClO. The minimum Gasteiger partial charge on any atom is -0.356 e. The first kappa shape index (κ1) is 10.7. The molecule has 70 valence electrons. The lowest BCUT2D eigenvalue weighted by atomic mass is 10.2. The molecule has 0 radical (unpaired) electrons. The lowest BCUT2D eigenvalue weighted by molar-refractivity contribution is 0.205. The fraction of sp³-hybridized carbons (Fsp3) is 0.167. The average Bonchev–Trinajstić information content (AvgIpc) is 2.21. The van der Waals surface area contributed by atoms with Crippen molar-refractivity contribution in [1.82, 2.24) is 0 Å². The molecular weight excluding hydrogens is 196 g/mol. The average molecular weight is 205 g/mol. The van der Waals surface area contributed by atoms with Crippen LogP contribution in [-0.2, 0) is 4.74 Å². The largest absolute Gasteiger partial charge is 0.356 e. The van der Waals surface area contributed by atoms with Gasteiger partial charge in [-0.2, -0.15) is 0 Å². The zero-order valence-electron chi connectivity index (χ0n) is 7.59. The molecule has 0 heterocycles. The van der Waals surface area contributed by atoms with Gasteiger partial charge in [0.05, 0.1) is 0 Å². The van der Waals surface area contributed by atoms with Gasteiger partial charge in [-0.15, -0.1) is 6.42 Å². The summed E-state index contributed by atoms with van der Waals surface area (Å²) in [5, 5.41) is 0.708. The molecule has 0 amide bonds. The molecule has 0 saturated heterocycles. The Bertz CT molecular complexity index is 376. The Hall–Kier alpha value is -1.41. The van der Waals surface area contributed by atoms with Crippen LogP contribution in [0.5, 0.6) is 0 Å². The molecule has 0 atom stereocenters. The second kappa shape index (κ2) is 6.11. The van der Waals surface area contributed by atoms with E-state index in [0.29, 0.717) is 18.2 Å². The second-order valence-corrected chi connectivity index (χ2v) is 2.94. The standard InChI is InChI=1S/C12H9ClO/c1-2-9-14-10-3-4-11-5-7-12(13)8-6-11/h1,5-8H,9-10H2. The molecule has 0 saturated carbocycles. The number of hydrogen-bond donors (Lipinski definition) is 0. The Kier molecular flexibility index (Phi) is 4.65. The summed E-state index contributed by atoms with van der Waals surface area (Å²) >= 11 is 5.72. The molecule has 14 heavy (non-hydrogen) atoms. The molecule has 0 N–H and O–H groups in total. The molecule has 1 aromatic rings. The highest BCUT2D eigenvalue weighted by atomic mass is 35.5. The van der Waals surface area contributed by atoms with E-state index >= 15 is 0 Å². The lowest BCUT2D eigenvalue weighted by Crippen LogP contribution is -1.90. The van der Waals surface area contributed by atoms with Crippen molar-refractivity contribution in [1.29, 1.82) is 0 Å². The first-order valence-corrected chi connectivity index (χ1v) is 4.46. The van der Waals surface area contributed by atoms with Gasteiger partial charge in [-0.1, -0.05) is 29.4 Å². The molecule has 0 spiro atoms. The minimum atomic E-state index is 0.301. The first-order chi connectivity index (χ1) is 6.83. The molecule has 1 rings (SSSR count). The fourth-order valence-electron chi connectivity index (χ4n) is 0.832. The number of terminal acetylenes is 1. The zero-order chi connectivity index (χ0) is 10.2. The van der Waals surface area contributed by atoms with Crippen LogP contribution in [0.3, 0.4) is 0 Å². The monoisotopic (exact) mass is 204 g/mol. The van der Waals surface area contributed by atoms with Crippen molar-refractivity contribution in [2.75, 3.05) is 13.2 Å². The van der Waals surface area contributed by atoms with Crippen molar-refractivity contribution in [2.24, 2.45) is 0 Å². The van der Waals surface area contributed by atoms with Gasteiger partial charge in [-0.25, -0.2) is 0 Å². The normalized spacial score (nSPS) is 8.57. The molecule has 0 aliphatic rings. The van der Waals surface area contributed by atoms with Crippen LogP contribution < -0.4 is 0 Å². The van der Waals surface area contributed by atoms with E-state index in [2.05, 4.69) is 17.8 Å². The van der Waals surface area contributed by atoms with Crippen molar-refractivity contribution in [3.05, 3.63) is 34.9 Å². The summed E-state index contributed by atoms with van der Waals surface area (Å²) in [5.41, 5.74) is 0.915.